The molecule has 1 N–H and O–H groups in total. The number of rotatable bonds is 16. The number of hydrogen-bond acceptors (Lipinski definition) is 1. The average Bonchev–Trinajstić information content (AvgIpc) is 2.56. The van der Waals surface area contributed by atoms with Gasteiger partial charge in [0.05, 0.1) is 0 Å². The fourth-order valence-corrected chi connectivity index (χ4v) is 2.30. The normalized spacial score (nSPS) is 12.4. The fourth-order valence-electron chi connectivity index (χ4n) is 2.30. The molecule has 0 radical (unpaired) electrons. The van der Waals surface area contributed by atoms with Crippen molar-refractivity contribution in [3.05, 3.63) is 48.6 Å². The van der Waals surface area contributed by atoms with Crippen LogP contribution in [-0.4, -0.2) is 11.1 Å². The predicted molar refractivity (Wildman–Crippen MR) is 105 cm³/mol. The van der Waals surface area contributed by atoms with Crippen LogP contribution < -0.4 is 0 Å². The van der Waals surface area contributed by atoms with E-state index in [4.69, 9.17) is 5.11 Å². The van der Waals surface area contributed by atoms with Crippen molar-refractivity contribution in [2.75, 3.05) is 0 Å². The SMILES string of the molecule is CCCCCCCC/C=C/C/C=C/C/C=C/C/C=C/CCC(=O)O. The maximum Gasteiger partial charge on any atom is 0.303 e. The lowest BCUT2D eigenvalue weighted by Gasteiger charge is -1.97. The average molecular weight is 333 g/mol. The molecule has 0 amide bonds. The molecule has 2 nitrogen and oxygen atoms in total. The zero-order valence-corrected chi connectivity index (χ0v) is 15.5. The Morgan fingerprint density at radius 3 is 1.67 bits per heavy atom. The Morgan fingerprint density at radius 2 is 1.12 bits per heavy atom. The van der Waals surface area contributed by atoms with E-state index in [-0.39, 0.29) is 6.42 Å². The van der Waals surface area contributed by atoms with E-state index in [1.807, 2.05) is 12.2 Å². The van der Waals surface area contributed by atoms with Gasteiger partial charge in [-0.1, -0.05) is 87.6 Å². The van der Waals surface area contributed by atoms with Gasteiger partial charge in [-0.3, -0.25) is 4.79 Å². The maximum atomic E-state index is 10.3. The highest BCUT2D eigenvalue weighted by Gasteiger charge is 1.90. The minimum atomic E-state index is -0.735. The number of unbranched alkanes of at least 4 members (excludes halogenated alkanes) is 6. The highest BCUT2D eigenvalue weighted by Crippen LogP contribution is 2.07. The first-order chi connectivity index (χ1) is 11.8. The fraction of sp³-hybridized carbons (Fsp3) is 0.591. The van der Waals surface area contributed by atoms with Crippen LogP contribution in [0.25, 0.3) is 0 Å². The second kappa shape index (κ2) is 19.5. The standard InChI is InChI=1S/C22H36O2/c1-2-3-4-5-6-7-8-9-10-11-12-13-14-15-16-17-18-19-20-21-22(23)24/h9-10,12-13,15-16,18-19H,2-8,11,14,17,20-21H2,1H3,(H,23,24)/b10-9+,13-12+,16-15+,19-18+. The number of aliphatic carboxylic acids is 1. The minimum absolute atomic E-state index is 0.218. The number of hydrogen-bond donors (Lipinski definition) is 1. The summed E-state index contributed by atoms with van der Waals surface area (Å²) in [7, 11) is 0. The van der Waals surface area contributed by atoms with E-state index in [1.54, 1.807) is 0 Å². The third-order valence-electron chi connectivity index (χ3n) is 3.73. The van der Waals surface area contributed by atoms with Gasteiger partial charge < -0.3 is 5.11 Å². The van der Waals surface area contributed by atoms with E-state index in [1.165, 1.54) is 44.9 Å². The Labute approximate surface area is 149 Å². The van der Waals surface area contributed by atoms with Crippen molar-refractivity contribution in [2.45, 2.75) is 84.0 Å². The minimum Gasteiger partial charge on any atom is -0.481 e. The Balaban J connectivity index is 3.37. The van der Waals surface area contributed by atoms with E-state index in [2.05, 4.69) is 43.4 Å². The van der Waals surface area contributed by atoms with Gasteiger partial charge in [-0.15, -0.1) is 0 Å². The van der Waals surface area contributed by atoms with Gasteiger partial charge in [0.15, 0.2) is 0 Å². The molecule has 0 fully saturated rings. The van der Waals surface area contributed by atoms with Crippen molar-refractivity contribution in [1.82, 2.24) is 0 Å². The first-order valence-corrected chi connectivity index (χ1v) is 9.59. The molecular weight excluding hydrogens is 296 g/mol. The van der Waals surface area contributed by atoms with Crippen LogP contribution >= 0.6 is 0 Å². The van der Waals surface area contributed by atoms with Gasteiger partial charge in [0.2, 0.25) is 0 Å². The number of carboxylic acids is 1. The van der Waals surface area contributed by atoms with Crippen LogP contribution in [-0.2, 0) is 4.79 Å². The molecular formula is C22H36O2. The van der Waals surface area contributed by atoms with Crippen LogP contribution in [0.3, 0.4) is 0 Å². The van der Waals surface area contributed by atoms with Gasteiger partial charge in [0, 0.05) is 6.42 Å². The predicted octanol–water partition coefficient (Wildman–Crippen LogP) is 7.00. The summed E-state index contributed by atoms with van der Waals surface area (Å²) in [4.78, 5) is 10.3. The van der Waals surface area contributed by atoms with Gasteiger partial charge >= 0.3 is 5.97 Å². The van der Waals surface area contributed by atoms with Gasteiger partial charge in [-0.25, -0.2) is 0 Å². The smallest absolute Gasteiger partial charge is 0.303 e. The Morgan fingerprint density at radius 1 is 0.667 bits per heavy atom. The zero-order valence-electron chi connectivity index (χ0n) is 15.5. The molecule has 0 saturated carbocycles. The highest BCUT2D eigenvalue weighted by molar-refractivity contribution is 5.66. The van der Waals surface area contributed by atoms with Crippen molar-refractivity contribution in [3.63, 3.8) is 0 Å². The molecule has 0 bridgehead atoms. The summed E-state index contributed by atoms with van der Waals surface area (Å²) >= 11 is 0. The number of carboxylic acid groups (broad SMARTS) is 1. The summed E-state index contributed by atoms with van der Waals surface area (Å²) in [5.74, 6) is -0.735. The summed E-state index contributed by atoms with van der Waals surface area (Å²) in [6.07, 6.45) is 30.3. The van der Waals surface area contributed by atoms with Crippen molar-refractivity contribution < 1.29 is 9.90 Å². The van der Waals surface area contributed by atoms with Gasteiger partial charge in [0.25, 0.3) is 0 Å². The first-order valence-electron chi connectivity index (χ1n) is 9.59. The van der Waals surface area contributed by atoms with Gasteiger partial charge in [-0.2, -0.15) is 0 Å². The molecule has 0 atom stereocenters. The van der Waals surface area contributed by atoms with E-state index in [9.17, 15) is 4.79 Å². The van der Waals surface area contributed by atoms with Crippen molar-refractivity contribution >= 4 is 5.97 Å². The second-order valence-corrected chi connectivity index (χ2v) is 6.08. The molecule has 0 aromatic carbocycles. The Kier molecular flexibility index (Phi) is 18.2. The quantitative estimate of drug-likeness (QED) is 0.244. The third kappa shape index (κ3) is 20.4. The first kappa shape index (κ1) is 22.4. The molecule has 0 unspecified atom stereocenters. The van der Waals surface area contributed by atoms with Crippen LogP contribution in [0.15, 0.2) is 48.6 Å². The van der Waals surface area contributed by atoms with Crippen LogP contribution in [0.5, 0.6) is 0 Å². The van der Waals surface area contributed by atoms with Gasteiger partial charge in [-0.05, 0) is 38.5 Å². The van der Waals surface area contributed by atoms with Crippen LogP contribution in [0, 0.1) is 0 Å². The monoisotopic (exact) mass is 332 g/mol. The molecule has 0 saturated heterocycles. The summed E-state index contributed by atoms with van der Waals surface area (Å²) in [6.45, 7) is 2.26. The largest absolute Gasteiger partial charge is 0.481 e. The van der Waals surface area contributed by atoms with Crippen LogP contribution in [0.2, 0.25) is 0 Å². The zero-order chi connectivity index (χ0) is 17.7. The Hall–Kier alpha value is -1.57. The summed E-state index contributed by atoms with van der Waals surface area (Å²) in [5.41, 5.74) is 0. The van der Waals surface area contributed by atoms with E-state index in [0.717, 1.165) is 19.3 Å². The molecule has 0 aliphatic heterocycles. The molecule has 24 heavy (non-hydrogen) atoms. The van der Waals surface area contributed by atoms with Crippen molar-refractivity contribution in [3.8, 4) is 0 Å². The second-order valence-electron chi connectivity index (χ2n) is 6.08. The summed E-state index contributed by atoms with van der Waals surface area (Å²) in [5, 5.41) is 8.50. The summed E-state index contributed by atoms with van der Waals surface area (Å²) < 4.78 is 0. The maximum absolute atomic E-state index is 10.3. The molecule has 0 aromatic heterocycles. The molecule has 136 valence electrons. The lowest BCUT2D eigenvalue weighted by molar-refractivity contribution is -0.136. The molecule has 0 aliphatic carbocycles. The van der Waals surface area contributed by atoms with E-state index >= 15 is 0 Å². The Bertz CT molecular complexity index is 389. The lowest BCUT2D eigenvalue weighted by Crippen LogP contribution is -1.91. The highest BCUT2D eigenvalue weighted by atomic mass is 16.4. The molecule has 2 heteroatoms. The van der Waals surface area contributed by atoms with Crippen molar-refractivity contribution in [1.29, 1.82) is 0 Å². The molecule has 0 spiro atoms. The molecule has 0 rings (SSSR count). The van der Waals surface area contributed by atoms with Crippen molar-refractivity contribution in [2.24, 2.45) is 0 Å². The van der Waals surface area contributed by atoms with Gasteiger partial charge in [0.1, 0.15) is 0 Å². The lowest BCUT2D eigenvalue weighted by atomic mass is 10.1. The summed E-state index contributed by atoms with van der Waals surface area (Å²) in [6, 6.07) is 0. The van der Waals surface area contributed by atoms with E-state index < -0.39 is 5.97 Å². The number of allylic oxidation sites excluding steroid dienone is 8. The number of carbonyl (C=O) groups is 1. The molecule has 0 aliphatic rings. The van der Waals surface area contributed by atoms with Crippen LogP contribution in [0.4, 0.5) is 0 Å². The third-order valence-corrected chi connectivity index (χ3v) is 3.73. The topological polar surface area (TPSA) is 37.3 Å². The van der Waals surface area contributed by atoms with E-state index in [0.29, 0.717) is 6.42 Å². The molecule has 0 heterocycles. The molecule has 0 aromatic rings. The van der Waals surface area contributed by atoms with Crippen LogP contribution in [0.1, 0.15) is 84.0 Å².